The molecule has 2 heterocycles. The molecule has 21 heavy (non-hydrogen) atoms. The Morgan fingerprint density at radius 2 is 2.19 bits per heavy atom. The molecule has 1 aliphatic rings. The van der Waals surface area contributed by atoms with Gasteiger partial charge in [-0.3, -0.25) is 4.79 Å². The predicted octanol–water partition coefficient (Wildman–Crippen LogP) is 2.26. The smallest absolute Gasteiger partial charge is 0.282 e. The van der Waals surface area contributed by atoms with Crippen molar-refractivity contribution >= 4 is 0 Å². The molecule has 0 saturated carbocycles. The van der Waals surface area contributed by atoms with Crippen LogP contribution in [0.2, 0.25) is 0 Å². The minimum absolute atomic E-state index is 0.0257. The van der Waals surface area contributed by atoms with Crippen LogP contribution in [0.4, 0.5) is 8.78 Å². The van der Waals surface area contributed by atoms with Gasteiger partial charge in [0.25, 0.3) is 5.56 Å². The fourth-order valence-electron chi connectivity index (χ4n) is 2.85. The Labute approximate surface area is 120 Å². The number of rotatable bonds is 3. The third-order valence-electron chi connectivity index (χ3n) is 3.88. The highest BCUT2D eigenvalue weighted by Gasteiger charge is 2.25. The lowest BCUT2D eigenvalue weighted by Crippen LogP contribution is -2.41. The summed E-state index contributed by atoms with van der Waals surface area (Å²) in [6, 6.07) is 5.01. The van der Waals surface area contributed by atoms with Crippen LogP contribution in [-0.4, -0.2) is 17.3 Å². The van der Waals surface area contributed by atoms with Crippen molar-refractivity contribution in [2.75, 3.05) is 6.54 Å². The molecule has 2 atom stereocenters. The molecule has 1 saturated heterocycles. The van der Waals surface area contributed by atoms with Gasteiger partial charge in [0.2, 0.25) is 0 Å². The summed E-state index contributed by atoms with van der Waals surface area (Å²) in [6.45, 7) is 0.727. The van der Waals surface area contributed by atoms with Crippen LogP contribution in [0.5, 0.6) is 0 Å². The third-order valence-corrected chi connectivity index (χ3v) is 3.88. The van der Waals surface area contributed by atoms with E-state index in [0.29, 0.717) is 18.4 Å². The van der Waals surface area contributed by atoms with Gasteiger partial charge in [0.15, 0.2) is 0 Å². The van der Waals surface area contributed by atoms with Gasteiger partial charge in [-0.25, -0.2) is 8.78 Å². The molecule has 2 aromatic rings. The monoisotopic (exact) mass is 294 g/mol. The van der Waals surface area contributed by atoms with Crippen LogP contribution in [0, 0.1) is 11.6 Å². The summed E-state index contributed by atoms with van der Waals surface area (Å²) in [5.41, 5.74) is 0.315. The summed E-state index contributed by atoms with van der Waals surface area (Å²) < 4.78 is 33.2. The maximum Gasteiger partial charge on any atom is 0.282 e. The van der Waals surface area contributed by atoms with Crippen molar-refractivity contribution in [2.45, 2.75) is 31.3 Å². The molecule has 1 N–H and O–H groups in total. The van der Waals surface area contributed by atoms with Crippen LogP contribution >= 0.6 is 0 Å². The molecule has 1 aromatic heterocycles. The fourth-order valence-corrected chi connectivity index (χ4v) is 2.85. The van der Waals surface area contributed by atoms with E-state index in [1.807, 2.05) is 0 Å². The van der Waals surface area contributed by atoms with Crippen molar-refractivity contribution in [3.8, 4) is 0 Å². The molecule has 112 valence electrons. The molecule has 0 bridgehead atoms. The van der Waals surface area contributed by atoms with Crippen LogP contribution in [0.1, 0.15) is 24.4 Å². The summed E-state index contributed by atoms with van der Waals surface area (Å²) in [6.07, 6.45) is 3.29. The Balaban J connectivity index is 1.72. The van der Waals surface area contributed by atoms with E-state index in [0.717, 1.165) is 19.0 Å². The lowest BCUT2D eigenvalue weighted by Gasteiger charge is -2.30. The Morgan fingerprint density at radius 3 is 2.90 bits per heavy atom. The van der Waals surface area contributed by atoms with E-state index >= 15 is 0 Å². The van der Waals surface area contributed by atoms with E-state index in [4.69, 9.17) is 4.52 Å². The first-order valence-corrected chi connectivity index (χ1v) is 6.97. The minimum Gasteiger partial charge on any atom is -0.384 e. The van der Waals surface area contributed by atoms with Crippen molar-refractivity contribution < 1.29 is 13.3 Å². The van der Waals surface area contributed by atoms with Gasteiger partial charge in [-0.1, -0.05) is 6.07 Å². The van der Waals surface area contributed by atoms with E-state index in [1.54, 1.807) is 0 Å². The van der Waals surface area contributed by atoms with Gasteiger partial charge in [-0.05, 0) is 37.4 Å². The zero-order valence-electron chi connectivity index (χ0n) is 11.4. The van der Waals surface area contributed by atoms with Gasteiger partial charge >= 0.3 is 0 Å². The highest BCUT2D eigenvalue weighted by atomic mass is 19.1. The topological polar surface area (TPSA) is 47.2 Å². The molecule has 1 aliphatic heterocycles. The number of aromatic nitrogens is 1. The van der Waals surface area contributed by atoms with Gasteiger partial charge in [-0.15, -0.1) is 0 Å². The SMILES string of the molecule is O=c1ccon1[C@@H]1CCN[C@@H](Cc2ccc(F)cc2F)C1. The zero-order valence-corrected chi connectivity index (χ0v) is 11.4. The van der Waals surface area contributed by atoms with Crippen LogP contribution in [0.25, 0.3) is 0 Å². The fraction of sp³-hybridized carbons (Fsp3) is 0.400. The van der Waals surface area contributed by atoms with Gasteiger partial charge in [0.05, 0.1) is 6.04 Å². The number of nitrogens with one attached hydrogen (secondary N) is 1. The third kappa shape index (κ3) is 3.05. The maximum absolute atomic E-state index is 13.7. The molecular formula is C15H16F2N2O2. The highest BCUT2D eigenvalue weighted by molar-refractivity contribution is 5.19. The lowest BCUT2D eigenvalue weighted by atomic mass is 9.94. The first-order chi connectivity index (χ1) is 10.1. The molecular weight excluding hydrogens is 278 g/mol. The van der Waals surface area contributed by atoms with Crippen LogP contribution in [-0.2, 0) is 6.42 Å². The number of halogens is 2. The first kappa shape index (κ1) is 14.0. The summed E-state index contributed by atoms with van der Waals surface area (Å²) in [4.78, 5) is 11.6. The number of piperidine rings is 1. The largest absolute Gasteiger partial charge is 0.384 e. The van der Waals surface area contributed by atoms with Crippen molar-refractivity contribution in [3.05, 3.63) is 58.1 Å². The molecule has 0 radical (unpaired) electrons. The van der Waals surface area contributed by atoms with Crippen molar-refractivity contribution in [1.29, 1.82) is 0 Å². The van der Waals surface area contributed by atoms with Gasteiger partial charge in [0, 0.05) is 18.2 Å². The first-order valence-electron chi connectivity index (χ1n) is 6.97. The zero-order chi connectivity index (χ0) is 14.8. The predicted molar refractivity (Wildman–Crippen MR) is 73.1 cm³/mol. The molecule has 1 fully saturated rings. The Morgan fingerprint density at radius 1 is 1.33 bits per heavy atom. The number of benzene rings is 1. The number of hydrogen-bond acceptors (Lipinski definition) is 3. The second kappa shape index (κ2) is 5.81. The Hall–Kier alpha value is -1.95. The average Bonchev–Trinajstić information content (AvgIpc) is 2.89. The van der Waals surface area contributed by atoms with E-state index in [-0.39, 0.29) is 17.6 Å². The Bertz CT molecular complexity index is 680. The quantitative estimate of drug-likeness (QED) is 0.944. The molecule has 0 spiro atoms. The molecule has 3 rings (SSSR count). The normalized spacial score (nSPS) is 22.4. The summed E-state index contributed by atoms with van der Waals surface area (Å²) in [5, 5.41) is 3.30. The van der Waals surface area contributed by atoms with Gasteiger partial charge < -0.3 is 9.84 Å². The summed E-state index contributed by atoms with van der Waals surface area (Å²) in [5.74, 6) is -1.11. The molecule has 4 nitrogen and oxygen atoms in total. The minimum atomic E-state index is -0.576. The van der Waals surface area contributed by atoms with E-state index in [9.17, 15) is 13.6 Å². The van der Waals surface area contributed by atoms with Gasteiger partial charge in [-0.2, -0.15) is 4.74 Å². The lowest BCUT2D eigenvalue weighted by molar-refractivity contribution is 0.160. The highest BCUT2D eigenvalue weighted by Crippen LogP contribution is 2.23. The summed E-state index contributed by atoms with van der Waals surface area (Å²) in [7, 11) is 0. The molecule has 0 amide bonds. The van der Waals surface area contributed by atoms with Crippen molar-refractivity contribution in [1.82, 2.24) is 10.1 Å². The van der Waals surface area contributed by atoms with Crippen LogP contribution in [0.3, 0.4) is 0 Å². The van der Waals surface area contributed by atoms with Crippen molar-refractivity contribution in [2.24, 2.45) is 0 Å². The van der Waals surface area contributed by atoms with Crippen molar-refractivity contribution in [3.63, 3.8) is 0 Å². The second-order valence-corrected chi connectivity index (χ2v) is 5.34. The molecule has 1 aromatic carbocycles. The molecule has 6 heteroatoms. The molecule has 0 aliphatic carbocycles. The van der Waals surface area contributed by atoms with Crippen LogP contribution < -0.4 is 10.9 Å². The molecule has 0 unspecified atom stereocenters. The second-order valence-electron chi connectivity index (χ2n) is 5.34. The van der Waals surface area contributed by atoms with Gasteiger partial charge in [0.1, 0.15) is 17.9 Å². The standard InChI is InChI=1S/C15H16F2N2O2/c16-11-2-1-10(14(17)8-11)7-12-9-13(3-5-18-12)19-15(20)4-6-21-19/h1-2,4,6,8,12-13,18H,3,5,7,9H2/t12-,13+/m0/s1. The van der Waals surface area contributed by atoms with E-state index in [1.165, 1.54) is 29.2 Å². The Kier molecular flexibility index (Phi) is 3.88. The van der Waals surface area contributed by atoms with E-state index in [2.05, 4.69) is 5.32 Å². The van der Waals surface area contributed by atoms with E-state index < -0.39 is 11.6 Å². The van der Waals surface area contributed by atoms with Crippen LogP contribution in [0.15, 0.2) is 39.8 Å². The number of hydrogen-bond donors (Lipinski definition) is 1. The maximum atomic E-state index is 13.7. The summed E-state index contributed by atoms with van der Waals surface area (Å²) >= 11 is 0. The number of nitrogens with zero attached hydrogens (tertiary/aromatic N) is 1. The average molecular weight is 294 g/mol.